The molecule has 2 N–H and O–H groups in total. The summed E-state index contributed by atoms with van der Waals surface area (Å²) in [5, 5.41) is 7.53. The first kappa shape index (κ1) is 29.3. The molecule has 1 aliphatic heterocycles. The Morgan fingerprint density at radius 2 is 1.97 bits per heavy atom. The number of nitrogens with one attached hydrogen (secondary N) is 2. The van der Waals surface area contributed by atoms with E-state index in [2.05, 4.69) is 22.5 Å². The van der Waals surface area contributed by atoms with Crippen LogP contribution in [0.5, 0.6) is 5.75 Å². The van der Waals surface area contributed by atoms with Gasteiger partial charge in [0.1, 0.15) is 19.1 Å². The van der Waals surface area contributed by atoms with Crippen LogP contribution in [0.3, 0.4) is 0 Å². The fourth-order valence-corrected chi connectivity index (χ4v) is 6.64. The lowest BCUT2D eigenvalue weighted by molar-refractivity contribution is -0.126. The van der Waals surface area contributed by atoms with Crippen molar-refractivity contribution in [3.63, 3.8) is 0 Å². The number of alkyl halides is 4. The zero-order valence-electron chi connectivity index (χ0n) is 22.3. The van der Waals surface area contributed by atoms with E-state index in [1.165, 1.54) is 18.4 Å². The first-order chi connectivity index (χ1) is 18.4. The summed E-state index contributed by atoms with van der Waals surface area (Å²) in [6, 6.07) is 9.95. The van der Waals surface area contributed by atoms with Crippen LogP contribution in [0.15, 0.2) is 36.4 Å². The van der Waals surface area contributed by atoms with Gasteiger partial charge in [0.15, 0.2) is 0 Å². The highest BCUT2D eigenvalue weighted by Gasteiger charge is 2.32. The molecule has 1 aromatic heterocycles. The number of hydrogen-bond donors (Lipinski definition) is 2. The van der Waals surface area contributed by atoms with Crippen LogP contribution in [0, 0.1) is 11.8 Å². The highest BCUT2D eigenvalue weighted by molar-refractivity contribution is 7.70. The van der Waals surface area contributed by atoms with Crippen LogP contribution in [-0.4, -0.2) is 70.4 Å². The SMILES string of the molecule is COc1cc(P(C)(C)=O)ccc1NCC#Cc1sc2c(N[C@H]3CCN(C)C[C@H]3F)cccc2c1CC(F)(F)F. The fraction of sp³-hybridized carbons (Fsp3) is 0.429. The Kier molecular flexibility index (Phi) is 8.85. The van der Waals surface area contributed by atoms with Gasteiger partial charge in [0.25, 0.3) is 0 Å². The average molecular weight is 582 g/mol. The van der Waals surface area contributed by atoms with Crippen molar-refractivity contribution in [1.29, 1.82) is 0 Å². The second-order valence-corrected chi connectivity index (χ2v) is 14.3. The van der Waals surface area contributed by atoms with Gasteiger partial charge in [0.2, 0.25) is 0 Å². The van der Waals surface area contributed by atoms with Crippen molar-refractivity contribution < 1.29 is 26.9 Å². The van der Waals surface area contributed by atoms with Crippen molar-refractivity contribution in [3.05, 3.63) is 46.8 Å². The minimum Gasteiger partial charge on any atom is -0.495 e. The van der Waals surface area contributed by atoms with E-state index in [1.807, 2.05) is 11.9 Å². The molecule has 210 valence electrons. The quantitative estimate of drug-likeness (QED) is 0.198. The molecule has 39 heavy (non-hydrogen) atoms. The molecule has 11 heteroatoms. The van der Waals surface area contributed by atoms with E-state index in [0.29, 0.717) is 50.4 Å². The van der Waals surface area contributed by atoms with Crippen LogP contribution in [0.25, 0.3) is 10.1 Å². The molecule has 0 bridgehead atoms. The van der Waals surface area contributed by atoms with Crippen LogP contribution in [0.4, 0.5) is 28.9 Å². The zero-order valence-corrected chi connectivity index (χ0v) is 24.0. The number of hydrogen-bond acceptors (Lipinski definition) is 6. The third-order valence-electron chi connectivity index (χ3n) is 6.66. The number of methoxy groups -OCH3 is 1. The molecule has 5 nitrogen and oxygen atoms in total. The average Bonchev–Trinajstić information content (AvgIpc) is 3.19. The van der Waals surface area contributed by atoms with Gasteiger partial charge >= 0.3 is 6.18 Å². The zero-order chi connectivity index (χ0) is 28.4. The van der Waals surface area contributed by atoms with Gasteiger partial charge in [0, 0.05) is 18.4 Å². The standard InChI is InChI=1S/C28H32F4N3O2PS/c1-35-14-12-22(21(29)17-35)34-24-8-5-7-19-20(16-28(30,31)32)26(39-27(19)24)9-6-13-33-23-11-10-18(38(3,4)36)15-25(23)37-2/h5,7-8,10-11,15,21-22,33-34H,12-14,16-17H2,1-4H3/t21-,22+/m1/s1. The van der Waals surface area contributed by atoms with E-state index >= 15 is 0 Å². The molecule has 0 aliphatic carbocycles. The highest BCUT2D eigenvalue weighted by Crippen LogP contribution is 2.40. The Balaban J connectivity index is 1.60. The Morgan fingerprint density at radius 1 is 1.21 bits per heavy atom. The molecule has 0 radical (unpaired) electrons. The first-order valence-corrected chi connectivity index (χ1v) is 15.9. The van der Waals surface area contributed by atoms with Crippen molar-refractivity contribution in [3.8, 4) is 17.6 Å². The summed E-state index contributed by atoms with van der Waals surface area (Å²) in [5.41, 5.74) is 1.39. The number of nitrogens with zero attached hydrogens (tertiary/aromatic N) is 1. The number of ether oxygens (including phenoxy) is 1. The van der Waals surface area contributed by atoms with Crippen LogP contribution in [-0.2, 0) is 11.0 Å². The first-order valence-electron chi connectivity index (χ1n) is 12.5. The summed E-state index contributed by atoms with van der Waals surface area (Å²) < 4.78 is 73.7. The van der Waals surface area contributed by atoms with E-state index in [-0.39, 0.29) is 12.1 Å². The monoisotopic (exact) mass is 581 g/mol. The Hall–Kier alpha value is -2.73. The summed E-state index contributed by atoms with van der Waals surface area (Å²) in [7, 11) is 0.912. The van der Waals surface area contributed by atoms with Gasteiger partial charge < -0.3 is 24.8 Å². The molecule has 4 rings (SSSR count). The summed E-state index contributed by atoms with van der Waals surface area (Å²) >= 11 is 1.19. The van der Waals surface area contributed by atoms with E-state index in [9.17, 15) is 22.1 Å². The van der Waals surface area contributed by atoms with Crippen LogP contribution < -0.4 is 20.7 Å². The molecule has 1 fully saturated rings. The highest BCUT2D eigenvalue weighted by atomic mass is 32.1. The summed E-state index contributed by atoms with van der Waals surface area (Å²) in [6.45, 7) is 4.56. The van der Waals surface area contributed by atoms with E-state index in [4.69, 9.17) is 4.74 Å². The van der Waals surface area contributed by atoms with Crippen LogP contribution in [0.2, 0.25) is 0 Å². The molecule has 2 aromatic carbocycles. The number of thiophene rings is 1. The van der Waals surface area contributed by atoms with Crippen molar-refractivity contribution in [2.75, 3.05) is 57.8 Å². The minimum atomic E-state index is -4.41. The summed E-state index contributed by atoms with van der Waals surface area (Å²) in [6.07, 6.45) is -5.98. The Labute approximate surface area is 230 Å². The predicted molar refractivity (Wildman–Crippen MR) is 153 cm³/mol. The number of rotatable bonds is 7. The number of likely N-dealkylation sites (tertiary alicyclic amines) is 1. The second kappa shape index (κ2) is 11.8. The van der Waals surface area contributed by atoms with E-state index in [0.717, 1.165) is 6.54 Å². The molecule has 0 unspecified atom stereocenters. The smallest absolute Gasteiger partial charge is 0.393 e. The lowest BCUT2D eigenvalue weighted by Crippen LogP contribution is -2.46. The van der Waals surface area contributed by atoms with Crippen molar-refractivity contribution in [2.45, 2.75) is 31.2 Å². The van der Waals surface area contributed by atoms with Gasteiger partial charge in [-0.05, 0) is 62.0 Å². The third-order valence-corrected chi connectivity index (χ3v) is 9.38. The lowest BCUT2D eigenvalue weighted by Gasteiger charge is -2.33. The number of fused-ring (bicyclic) bond motifs is 1. The van der Waals surface area contributed by atoms with Crippen molar-refractivity contribution >= 4 is 45.2 Å². The topological polar surface area (TPSA) is 53.6 Å². The Morgan fingerprint density at radius 3 is 2.64 bits per heavy atom. The van der Waals surface area contributed by atoms with Crippen molar-refractivity contribution in [1.82, 2.24) is 4.90 Å². The maximum absolute atomic E-state index is 14.7. The number of halogens is 4. The normalized spacial score (nSPS) is 18.5. The molecule has 2 atom stereocenters. The summed E-state index contributed by atoms with van der Waals surface area (Å²) in [4.78, 5) is 2.26. The number of benzene rings is 2. The van der Waals surface area contributed by atoms with Crippen LogP contribution >= 0.6 is 18.5 Å². The van der Waals surface area contributed by atoms with Gasteiger partial charge in [-0.2, -0.15) is 13.2 Å². The molecule has 1 saturated heterocycles. The largest absolute Gasteiger partial charge is 0.495 e. The molecular formula is C28H32F4N3O2PS. The maximum Gasteiger partial charge on any atom is 0.393 e. The predicted octanol–water partition coefficient (Wildman–Crippen LogP) is 6.18. The lowest BCUT2D eigenvalue weighted by atomic mass is 10.0. The number of piperidine rings is 1. The Bertz CT molecular complexity index is 1440. The molecule has 2 heterocycles. The third kappa shape index (κ3) is 7.27. The summed E-state index contributed by atoms with van der Waals surface area (Å²) in [5.74, 6) is 6.37. The fourth-order valence-electron chi connectivity index (χ4n) is 4.60. The molecule has 1 aliphatic rings. The van der Waals surface area contributed by atoms with E-state index in [1.54, 1.807) is 49.7 Å². The van der Waals surface area contributed by atoms with E-state index < -0.39 is 32.0 Å². The second-order valence-electron chi connectivity index (χ2n) is 10.1. The van der Waals surface area contributed by atoms with Gasteiger partial charge in [-0.3, -0.25) is 0 Å². The van der Waals surface area contributed by atoms with Crippen molar-refractivity contribution in [2.24, 2.45) is 0 Å². The van der Waals surface area contributed by atoms with Gasteiger partial charge in [0.05, 0.1) is 47.1 Å². The molecular weight excluding hydrogens is 549 g/mol. The molecule has 0 amide bonds. The molecule has 0 saturated carbocycles. The number of anilines is 2. The maximum atomic E-state index is 14.7. The van der Waals surface area contributed by atoms with Crippen LogP contribution in [0.1, 0.15) is 16.9 Å². The minimum absolute atomic E-state index is 0.127. The van der Waals surface area contributed by atoms with Gasteiger partial charge in [-0.25, -0.2) is 4.39 Å². The molecule has 0 spiro atoms. The molecule has 3 aromatic rings. The van der Waals surface area contributed by atoms with Gasteiger partial charge in [-0.1, -0.05) is 24.0 Å². The van der Waals surface area contributed by atoms with Gasteiger partial charge in [-0.15, -0.1) is 11.3 Å².